The number of carbonyl (C=O) groups is 2. The Morgan fingerprint density at radius 2 is 1.12 bits per heavy atom. The first-order valence-electron chi connectivity index (χ1n) is 23.0. The first-order valence-corrected chi connectivity index (χ1v) is 23.0. The molecule has 0 atom stereocenters. The summed E-state index contributed by atoms with van der Waals surface area (Å²) < 4.78 is 71.8. The first-order chi connectivity index (χ1) is 34.6. The van der Waals surface area contributed by atoms with Crippen LogP contribution in [0.1, 0.15) is 42.2 Å². The molecule has 19 nitrogen and oxygen atoms in total. The molecule has 4 aromatic heterocycles. The number of hydrogen-bond donors (Lipinski definition) is 0. The minimum Gasteiger partial charge on any atom is -0.433 e. The normalized spacial score (nSPS) is 15.0. The number of non-ortho nitro benzene ring substituents is 1. The highest BCUT2D eigenvalue weighted by Crippen LogP contribution is 2.40. The van der Waals surface area contributed by atoms with Crippen LogP contribution in [0, 0.1) is 10.1 Å². The van der Waals surface area contributed by atoms with E-state index >= 15 is 0 Å². The van der Waals surface area contributed by atoms with Gasteiger partial charge in [-0.15, -0.1) is 0 Å². The molecule has 3 aliphatic heterocycles. The van der Waals surface area contributed by atoms with E-state index in [4.69, 9.17) is 14.2 Å². The van der Waals surface area contributed by atoms with E-state index in [9.17, 15) is 37.3 Å². The number of nitrogens with zero attached hydrogens (tertiary/aromatic N) is 12. The Morgan fingerprint density at radius 3 is 1.58 bits per heavy atom. The fourth-order valence-electron chi connectivity index (χ4n) is 8.93. The number of fused-ring (bicyclic) bond motifs is 2. The molecule has 7 heterocycles. The van der Waals surface area contributed by atoms with Crippen molar-refractivity contribution in [3.05, 3.63) is 119 Å². The third-order valence-corrected chi connectivity index (χ3v) is 13.1. The van der Waals surface area contributed by atoms with Crippen LogP contribution in [0.4, 0.5) is 55.8 Å². The van der Waals surface area contributed by atoms with E-state index in [0.29, 0.717) is 54.7 Å². The van der Waals surface area contributed by atoms with Crippen molar-refractivity contribution in [2.24, 2.45) is 14.1 Å². The maximum Gasteiger partial charge on any atom is 0.415 e. The molecule has 0 saturated carbocycles. The van der Waals surface area contributed by atoms with Crippen molar-refractivity contribution in [2.45, 2.75) is 44.3 Å². The zero-order chi connectivity index (χ0) is 50.8. The Labute approximate surface area is 409 Å². The summed E-state index contributed by atoms with van der Waals surface area (Å²) in [5.74, 6) is 1.35. The van der Waals surface area contributed by atoms with Gasteiger partial charge in [-0.2, -0.15) is 17.6 Å². The van der Waals surface area contributed by atoms with Crippen molar-refractivity contribution in [2.75, 3.05) is 63.2 Å². The van der Waals surface area contributed by atoms with Crippen LogP contribution in [0.2, 0.25) is 0 Å². The Balaban J connectivity index is 0.000000179. The zero-order valence-corrected chi connectivity index (χ0v) is 39.6. The molecule has 3 aromatic carbocycles. The number of rotatable bonds is 12. The predicted molar refractivity (Wildman–Crippen MR) is 258 cm³/mol. The number of halogens is 4. The molecular formula is C49H50F4N12O7. The van der Waals surface area contributed by atoms with Gasteiger partial charge in [0.1, 0.15) is 39.9 Å². The van der Waals surface area contributed by atoms with Gasteiger partial charge in [-0.05, 0) is 66.8 Å². The Hall–Kier alpha value is -8.24. The summed E-state index contributed by atoms with van der Waals surface area (Å²) in [6.07, 6.45) is 9.31. The number of benzene rings is 3. The molecular weight excluding hydrogens is 945 g/mol. The maximum atomic E-state index is 13.3. The average Bonchev–Trinajstić information content (AvgIpc) is 3.90. The predicted octanol–water partition coefficient (Wildman–Crippen LogP) is 9.19. The fraction of sp³-hybridized carbons (Fsp3) is 0.347. The number of amides is 3. The van der Waals surface area contributed by atoms with Crippen LogP contribution in [0.5, 0.6) is 17.2 Å². The maximum absolute atomic E-state index is 13.3. The number of carbonyl (C=O) groups excluding carboxylic acids is 2. The third-order valence-electron chi connectivity index (χ3n) is 13.1. The summed E-state index contributed by atoms with van der Waals surface area (Å²) in [7, 11) is 7.21. The number of ether oxygens (including phenoxy) is 3. The highest BCUT2D eigenvalue weighted by Gasteiger charge is 2.36. The Bertz CT molecular complexity index is 3100. The van der Waals surface area contributed by atoms with Crippen molar-refractivity contribution in [3.8, 4) is 17.2 Å². The first kappa shape index (κ1) is 48.8. The van der Waals surface area contributed by atoms with Gasteiger partial charge in [-0.3, -0.25) is 10.1 Å². The fourth-order valence-corrected chi connectivity index (χ4v) is 8.93. The lowest BCUT2D eigenvalue weighted by atomic mass is 9.91. The lowest BCUT2D eigenvalue weighted by Gasteiger charge is -2.43. The number of nitro benzene ring substituents is 1. The second-order valence-electron chi connectivity index (χ2n) is 17.8. The van der Waals surface area contributed by atoms with E-state index in [0.717, 1.165) is 53.6 Å². The lowest BCUT2D eigenvalue weighted by Crippen LogP contribution is -2.54. The van der Waals surface area contributed by atoms with Crippen molar-refractivity contribution in [1.29, 1.82) is 0 Å². The molecule has 376 valence electrons. The van der Waals surface area contributed by atoms with E-state index in [1.807, 2.05) is 51.2 Å². The number of hydrogen-bond acceptors (Lipinski definition) is 13. The number of likely N-dealkylation sites (tertiary alicyclic amines) is 3. The molecule has 23 heteroatoms. The summed E-state index contributed by atoms with van der Waals surface area (Å²) >= 11 is 0. The van der Waals surface area contributed by atoms with E-state index in [1.54, 1.807) is 79.3 Å². The van der Waals surface area contributed by atoms with Gasteiger partial charge in [0.25, 0.3) is 5.69 Å². The van der Waals surface area contributed by atoms with Gasteiger partial charge in [-0.1, -0.05) is 12.1 Å². The molecule has 0 aliphatic carbocycles. The number of urea groups is 1. The molecule has 0 bridgehead atoms. The van der Waals surface area contributed by atoms with Gasteiger partial charge in [0, 0.05) is 104 Å². The molecule has 0 spiro atoms. The van der Waals surface area contributed by atoms with Crippen LogP contribution >= 0.6 is 0 Å². The number of alkyl halides is 4. The van der Waals surface area contributed by atoms with E-state index < -0.39 is 24.2 Å². The number of pyridine rings is 2. The number of anilines is 4. The molecule has 3 saturated heterocycles. The Kier molecular flexibility index (Phi) is 14.0. The number of imidazole rings is 2. The molecule has 0 N–H and O–H groups in total. The van der Waals surface area contributed by atoms with Gasteiger partial charge in [-0.25, -0.2) is 29.5 Å². The highest BCUT2D eigenvalue weighted by atomic mass is 19.3. The zero-order valence-electron chi connectivity index (χ0n) is 39.6. The summed E-state index contributed by atoms with van der Waals surface area (Å²) in [5, 5.41) is 10.8. The summed E-state index contributed by atoms with van der Waals surface area (Å²) in [6.45, 7) is -2.57. The number of aryl methyl sites for hydroxylation is 2. The molecule has 0 radical (unpaired) electrons. The van der Waals surface area contributed by atoms with Gasteiger partial charge < -0.3 is 47.8 Å². The molecule has 10 rings (SSSR count). The molecule has 3 fully saturated rings. The van der Waals surface area contributed by atoms with Crippen LogP contribution in [0.3, 0.4) is 0 Å². The van der Waals surface area contributed by atoms with Crippen molar-refractivity contribution >= 4 is 62.9 Å². The second-order valence-corrected chi connectivity index (χ2v) is 17.8. The van der Waals surface area contributed by atoms with Crippen LogP contribution in [-0.4, -0.2) is 127 Å². The van der Waals surface area contributed by atoms with Gasteiger partial charge in [0.05, 0.1) is 52.4 Å². The van der Waals surface area contributed by atoms with Crippen LogP contribution in [-0.2, 0) is 14.1 Å². The van der Waals surface area contributed by atoms with Gasteiger partial charge in [0.15, 0.2) is 0 Å². The number of nitro groups is 1. The lowest BCUT2D eigenvalue weighted by molar-refractivity contribution is -0.384. The van der Waals surface area contributed by atoms with Crippen molar-refractivity contribution in [1.82, 2.24) is 43.8 Å². The highest BCUT2D eigenvalue weighted by molar-refractivity contribution is 5.81. The van der Waals surface area contributed by atoms with Crippen molar-refractivity contribution in [3.63, 3.8) is 0 Å². The Morgan fingerprint density at radius 1 is 0.653 bits per heavy atom. The van der Waals surface area contributed by atoms with E-state index in [-0.39, 0.29) is 40.8 Å². The summed E-state index contributed by atoms with van der Waals surface area (Å²) in [4.78, 5) is 61.2. The quantitative estimate of drug-likeness (QED) is 0.0642. The molecule has 3 amide bonds. The van der Waals surface area contributed by atoms with Crippen molar-refractivity contribution < 1.29 is 46.3 Å². The van der Waals surface area contributed by atoms with Crippen LogP contribution in [0.25, 0.3) is 22.1 Å². The molecule has 7 aromatic rings. The van der Waals surface area contributed by atoms with E-state index in [2.05, 4.69) is 19.9 Å². The number of piperidine rings is 1. The third kappa shape index (κ3) is 10.4. The summed E-state index contributed by atoms with van der Waals surface area (Å²) in [5.41, 5.74) is 5.58. The average molecular weight is 995 g/mol. The minimum absolute atomic E-state index is 0.0150. The molecule has 0 unspecified atom stereocenters. The number of aromatic nitrogens is 6. The van der Waals surface area contributed by atoms with Gasteiger partial charge in [0.2, 0.25) is 0 Å². The topological polar surface area (TPSA) is 183 Å². The van der Waals surface area contributed by atoms with Crippen LogP contribution < -0.4 is 24.0 Å². The summed E-state index contributed by atoms with van der Waals surface area (Å²) in [6, 6.07) is 19.3. The standard InChI is InChI=1S/C25H22F2N6O5.C24H28F2N6O2/c1-30-14-29-19-11-28-23(10-21(19)30)31(2)20-8-3-15(9-22(20)38-24(26)27)16-12-32(13-16)25(34)37-18-6-4-17(5-7-18)33(35)36;1-29-15-28-18-12-27-22(11-20(18)29)30(2)19-7-6-16(10-21(19)34-23(25)26)17-13-32(14-17)24(33)31-8-4-3-5-9-31/h3-11,14,16,24H,12-13H2,1-2H3;6-7,10-12,15,17,23H,3-5,8-9,13-14H2,1-2H3. The van der Waals surface area contributed by atoms with E-state index in [1.165, 1.54) is 35.6 Å². The monoisotopic (exact) mass is 994 g/mol. The minimum atomic E-state index is -3.03. The molecule has 3 aliphatic rings. The van der Waals surface area contributed by atoms with Crippen LogP contribution in [0.15, 0.2) is 97.8 Å². The second kappa shape index (κ2) is 20.6. The largest absolute Gasteiger partial charge is 0.433 e. The smallest absolute Gasteiger partial charge is 0.415 e. The molecule has 72 heavy (non-hydrogen) atoms. The van der Waals surface area contributed by atoms with Gasteiger partial charge >= 0.3 is 25.3 Å². The SMILES string of the molecule is CN(c1cc2c(cn1)ncn2C)c1ccc(C2CN(C(=O)N3CCCCC3)C2)cc1OC(F)F.CN(c1cc2c(cn1)ncn2C)c1ccc(C2CN(C(=O)Oc3ccc([N+](=O)[O-])cc3)C2)cc1OC(F)F.